The van der Waals surface area contributed by atoms with E-state index in [-0.39, 0.29) is 5.91 Å². The fourth-order valence-corrected chi connectivity index (χ4v) is 2.65. The zero-order chi connectivity index (χ0) is 15.5. The van der Waals surface area contributed by atoms with E-state index in [2.05, 4.69) is 20.9 Å². The minimum atomic E-state index is -0.0721. The molecular weight excluding hydrogens is 348 g/mol. The van der Waals surface area contributed by atoms with Crippen molar-refractivity contribution in [2.75, 3.05) is 20.3 Å². The molecule has 1 aromatic heterocycles. The number of methoxy groups -OCH3 is 1. The zero-order valence-electron chi connectivity index (χ0n) is 12.1. The Hall–Kier alpha value is -2.08. The van der Waals surface area contributed by atoms with Crippen LogP contribution < -0.4 is 9.47 Å². The van der Waals surface area contributed by atoms with Crippen molar-refractivity contribution in [2.45, 2.75) is 6.54 Å². The summed E-state index contributed by atoms with van der Waals surface area (Å²) in [4.78, 5) is 18.6. The van der Waals surface area contributed by atoms with Crippen molar-refractivity contribution < 1.29 is 14.3 Å². The number of ether oxygens (including phenoxy) is 2. The Balaban J connectivity index is 1.83. The summed E-state index contributed by atoms with van der Waals surface area (Å²) in [6.07, 6.45) is 1.63. The number of benzene rings is 1. The van der Waals surface area contributed by atoms with E-state index in [1.165, 1.54) is 0 Å². The first-order valence-corrected chi connectivity index (χ1v) is 7.67. The van der Waals surface area contributed by atoms with Gasteiger partial charge >= 0.3 is 0 Å². The molecule has 0 bridgehead atoms. The highest BCUT2D eigenvalue weighted by atomic mass is 79.9. The van der Waals surface area contributed by atoms with E-state index in [1.807, 2.05) is 24.3 Å². The van der Waals surface area contributed by atoms with Crippen LogP contribution in [0.25, 0.3) is 0 Å². The molecule has 2 heterocycles. The Morgan fingerprint density at radius 3 is 2.86 bits per heavy atom. The third-order valence-corrected chi connectivity index (χ3v) is 3.90. The van der Waals surface area contributed by atoms with Crippen molar-refractivity contribution in [2.24, 2.45) is 0 Å². The van der Waals surface area contributed by atoms with Gasteiger partial charge in [0, 0.05) is 17.2 Å². The van der Waals surface area contributed by atoms with E-state index in [0.717, 1.165) is 15.8 Å². The van der Waals surface area contributed by atoms with Crippen LogP contribution in [0.1, 0.15) is 15.9 Å². The molecule has 1 aliphatic heterocycles. The lowest BCUT2D eigenvalue weighted by atomic mass is 10.2. The predicted molar refractivity (Wildman–Crippen MR) is 85.2 cm³/mol. The average Bonchev–Trinajstić information content (AvgIpc) is 2.68. The zero-order valence-corrected chi connectivity index (χ0v) is 13.7. The van der Waals surface area contributed by atoms with Crippen molar-refractivity contribution in [1.82, 2.24) is 9.88 Å². The first kappa shape index (κ1) is 14.8. The van der Waals surface area contributed by atoms with Crippen LogP contribution in [0.2, 0.25) is 0 Å². The number of hydrogen-bond acceptors (Lipinski definition) is 4. The summed E-state index contributed by atoms with van der Waals surface area (Å²) in [5.41, 5.74) is 1.53. The Morgan fingerprint density at radius 1 is 1.36 bits per heavy atom. The summed E-state index contributed by atoms with van der Waals surface area (Å²) >= 11 is 3.34. The molecule has 0 fully saturated rings. The molecule has 0 N–H and O–H groups in total. The summed E-state index contributed by atoms with van der Waals surface area (Å²) in [7, 11) is 1.63. The monoisotopic (exact) mass is 362 g/mol. The van der Waals surface area contributed by atoms with E-state index < -0.39 is 0 Å². The van der Waals surface area contributed by atoms with Crippen LogP contribution in [-0.4, -0.2) is 36.1 Å². The number of hydrogen-bond donors (Lipinski definition) is 0. The molecule has 0 radical (unpaired) electrons. The quantitative estimate of drug-likeness (QED) is 0.842. The molecule has 3 rings (SSSR count). The van der Waals surface area contributed by atoms with E-state index in [1.54, 1.807) is 24.3 Å². The number of carbonyl (C=O) groups excluding carboxylic acids is 1. The fourth-order valence-electron chi connectivity index (χ4n) is 2.32. The average molecular weight is 363 g/mol. The molecule has 114 valence electrons. The van der Waals surface area contributed by atoms with Gasteiger partial charge in [-0.2, -0.15) is 0 Å². The number of nitrogens with zero attached hydrogens (tertiary/aromatic N) is 2. The predicted octanol–water partition coefficient (Wildman–Crippen LogP) is 2.89. The summed E-state index contributed by atoms with van der Waals surface area (Å²) in [5, 5.41) is 0. The van der Waals surface area contributed by atoms with Crippen LogP contribution in [0, 0.1) is 0 Å². The second-order valence-corrected chi connectivity index (χ2v) is 5.85. The van der Waals surface area contributed by atoms with Gasteiger partial charge in [-0.3, -0.25) is 4.79 Å². The highest BCUT2D eigenvalue weighted by Gasteiger charge is 2.24. The van der Waals surface area contributed by atoms with Crippen molar-refractivity contribution in [3.8, 4) is 11.6 Å². The summed E-state index contributed by atoms with van der Waals surface area (Å²) in [6.45, 7) is 1.49. The molecule has 2 aromatic rings. The number of aromatic nitrogens is 1. The Bertz CT molecular complexity index is 688. The lowest BCUT2D eigenvalue weighted by molar-refractivity contribution is 0.0743. The minimum absolute atomic E-state index is 0.0721. The number of carbonyl (C=O) groups is 1. The molecule has 6 heteroatoms. The van der Waals surface area contributed by atoms with Crippen LogP contribution in [0.15, 0.2) is 41.0 Å². The van der Waals surface area contributed by atoms with Crippen LogP contribution in [0.5, 0.6) is 11.6 Å². The highest BCUT2D eigenvalue weighted by Crippen LogP contribution is 2.25. The Morgan fingerprint density at radius 2 is 2.14 bits per heavy atom. The van der Waals surface area contributed by atoms with Crippen LogP contribution >= 0.6 is 15.9 Å². The van der Waals surface area contributed by atoms with Crippen molar-refractivity contribution in [1.29, 1.82) is 0 Å². The lowest BCUT2D eigenvalue weighted by Gasteiger charge is -2.20. The summed E-state index contributed by atoms with van der Waals surface area (Å²) in [5.74, 6) is 1.12. The number of pyridine rings is 1. The van der Waals surface area contributed by atoms with Crippen molar-refractivity contribution >= 4 is 21.8 Å². The largest absolute Gasteiger partial charge is 0.497 e. The Labute approximate surface area is 137 Å². The molecule has 0 saturated heterocycles. The molecule has 5 nitrogen and oxygen atoms in total. The smallest absolute Gasteiger partial charge is 0.259 e. The maximum atomic E-state index is 12.7. The van der Waals surface area contributed by atoms with Gasteiger partial charge in [-0.1, -0.05) is 12.1 Å². The summed E-state index contributed by atoms with van der Waals surface area (Å²) < 4.78 is 11.5. The lowest BCUT2D eigenvalue weighted by Crippen LogP contribution is -2.31. The van der Waals surface area contributed by atoms with Gasteiger partial charge in [0.1, 0.15) is 17.9 Å². The van der Waals surface area contributed by atoms with Gasteiger partial charge in [-0.15, -0.1) is 0 Å². The second kappa shape index (κ2) is 6.36. The molecule has 1 amide bonds. The topological polar surface area (TPSA) is 51.7 Å². The van der Waals surface area contributed by atoms with Gasteiger partial charge in [0.05, 0.1) is 13.7 Å². The van der Waals surface area contributed by atoms with E-state index in [4.69, 9.17) is 9.47 Å². The normalized spacial score (nSPS) is 14.1. The van der Waals surface area contributed by atoms with Crippen LogP contribution in [0.4, 0.5) is 0 Å². The SMILES string of the molecule is COc1ccc(CN2CCOc3ncc(Br)cc3C2=O)cc1. The van der Waals surface area contributed by atoms with Crippen molar-refractivity contribution in [3.63, 3.8) is 0 Å². The summed E-state index contributed by atoms with van der Waals surface area (Å²) in [6, 6.07) is 9.44. The molecule has 0 spiro atoms. The number of amides is 1. The van der Waals surface area contributed by atoms with Gasteiger partial charge in [-0.25, -0.2) is 4.98 Å². The van der Waals surface area contributed by atoms with Gasteiger partial charge < -0.3 is 14.4 Å². The molecule has 0 atom stereocenters. The third-order valence-electron chi connectivity index (χ3n) is 3.47. The molecular formula is C16H15BrN2O3. The highest BCUT2D eigenvalue weighted by molar-refractivity contribution is 9.10. The molecule has 22 heavy (non-hydrogen) atoms. The van der Waals surface area contributed by atoms with Crippen LogP contribution in [-0.2, 0) is 6.54 Å². The molecule has 0 unspecified atom stereocenters. The van der Waals surface area contributed by atoms with Gasteiger partial charge in [0.25, 0.3) is 5.91 Å². The second-order valence-electron chi connectivity index (χ2n) is 4.93. The van der Waals surface area contributed by atoms with Gasteiger partial charge in [-0.05, 0) is 39.7 Å². The van der Waals surface area contributed by atoms with Gasteiger partial charge in [0.2, 0.25) is 5.88 Å². The first-order valence-electron chi connectivity index (χ1n) is 6.88. The van der Waals surface area contributed by atoms with E-state index >= 15 is 0 Å². The van der Waals surface area contributed by atoms with E-state index in [0.29, 0.717) is 31.1 Å². The standard InChI is InChI=1S/C16H15BrN2O3/c1-21-13-4-2-11(3-5-13)10-19-6-7-22-15-14(16(19)20)8-12(17)9-18-15/h2-5,8-9H,6-7,10H2,1H3. The molecule has 1 aliphatic rings. The third kappa shape index (κ3) is 3.06. The first-order chi connectivity index (χ1) is 10.7. The maximum absolute atomic E-state index is 12.7. The van der Waals surface area contributed by atoms with Crippen LogP contribution in [0.3, 0.4) is 0 Å². The van der Waals surface area contributed by atoms with Gasteiger partial charge in [0.15, 0.2) is 0 Å². The fraction of sp³-hybridized carbons (Fsp3) is 0.250. The van der Waals surface area contributed by atoms with E-state index in [9.17, 15) is 4.79 Å². The number of halogens is 1. The van der Waals surface area contributed by atoms with Crippen molar-refractivity contribution in [3.05, 3.63) is 52.1 Å². The minimum Gasteiger partial charge on any atom is -0.497 e. The molecule has 1 aromatic carbocycles. The maximum Gasteiger partial charge on any atom is 0.259 e. The number of fused-ring (bicyclic) bond motifs is 1. The molecule has 0 aliphatic carbocycles. The number of rotatable bonds is 3. The Kier molecular flexibility index (Phi) is 4.29. The molecule has 0 saturated carbocycles.